The number of rotatable bonds is 5. The maximum atomic E-state index is 11.8. The molecule has 19 heavy (non-hydrogen) atoms. The number of carbonyl (C=O) groups is 1. The molecule has 0 aliphatic rings. The molecule has 0 bridgehead atoms. The average molecular weight is 328 g/mol. The molecule has 0 saturated carbocycles. The molecular weight excluding hydrogens is 306 g/mol. The Hall–Kier alpha value is -1.23. The zero-order chi connectivity index (χ0) is 14.6. The van der Waals surface area contributed by atoms with Gasteiger partial charge in [0.1, 0.15) is 0 Å². The van der Waals surface area contributed by atoms with Crippen LogP contribution in [-0.4, -0.2) is 26.0 Å². The van der Waals surface area contributed by atoms with Crippen molar-refractivity contribution in [1.29, 1.82) is 0 Å². The van der Waals surface area contributed by atoms with Gasteiger partial charge in [0, 0.05) is 23.8 Å². The molecule has 0 heterocycles. The van der Waals surface area contributed by atoms with Crippen LogP contribution in [-0.2, 0) is 4.79 Å². The molecule has 0 atom stereocenters. The number of aryl methyl sites for hydroxylation is 1. The fraction of sp³-hybridized carbons (Fsp3) is 0.500. The van der Waals surface area contributed by atoms with E-state index in [1.165, 1.54) is 0 Å². The predicted molar refractivity (Wildman–Crippen MR) is 84.4 cm³/mol. The second kappa shape index (κ2) is 6.80. The molecule has 1 aromatic carbocycles. The Labute approximate surface area is 123 Å². The number of nitrogen functional groups attached to an aromatic ring is 1. The molecule has 3 N–H and O–H groups in total. The van der Waals surface area contributed by atoms with Crippen LogP contribution in [0.25, 0.3) is 0 Å². The van der Waals surface area contributed by atoms with Gasteiger partial charge in [-0.15, -0.1) is 0 Å². The van der Waals surface area contributed by atoms with Crippen molar-refractivity contribution in [2.24, 2.45) is 5.92 Å². The van der Waals surface area contributed by atoms with Gasteiger partial charge in [0.15, 0.2) is 0 Å². The SMILES string of the molecule is Cc1cc(N(C)CC(=O)NCC(C)C)c(Br)cc1N. The second-order valence-electron chi connectivity index (χ2n) is 5.21. The number of benzene rings is 1. The molecule has 0 aliphatic carbocycles. The van der Waals surface area contributed by atoms with Crippen LogP contribution in [0.5, 0.6) is 0 Å². The zero-order valence-corrected chi connectivity index (χ0v) is 13.5. The number of anilines is 2. The van der Waals surface area contributed by atoms with Crippen LogP contribution in [0.15, 0.2) is 16.6 Å². The first-order valence-corrected chi connectivity index (χ1v) is 7.14. The molecule has 0 spiro atoms. The Kier molecular flexibility index (Phi) is 5.66. The quantitative estimate of drug-likeness (QED) is 0.817. The number of carbonyl (C=O) groups excluding carboxylic acids is 1. The molecule has 4 nitrogen and oxygen atoms in total. The van der Waals surface area contributed by atoms with Gasteiger partial charge in [-0.1, -0.05) is 13.8 Å². The van der Waals surface area contributed by atoms with Crippen molar-refractivity contribution in [1.82, 2.24) is 5.32 Å². The monoisotopic (exact) mass is 327 g/mol. The third-order valence-electron chi connectivity index (χ3n) is 2.83. The third-order valence-corrected chi connectivity index (χ3v) is 3.47. The fourth-order valence-corrected chi connectivity index (χ4v) is 2.31. The molecule has 5 heteroatoms. The normalized spacial score (nSPS) is 10.6. The molecule has 0 radical (unpaired) electrons. The molecule has 0 aliphatic heterocycles. The van der Waals surface area contributed by atoms with Gasteiger partial charge in [0.2, 0.25) is 5.91 Å². The lowest BCUT2D eigenvalue weighted by Crippen LogP contribution is -2.37. The number of nitrogens with zero attached hydrogens (tertiary/aromatic N) is 1. The lowest BCUT2D eigenvalue weighted by Gasteiger charge is -2.21. The van der Waals surface area contributed by atoms with Gasteiger partial charge >= 0.3 is 0 Å². The van der Waals surface area contributed by atoms with Crippen molar-refractivity contribution in [2.75, 3.05) is 30.8 Å². The summed E-state index contributed by atoms with van der Waals surface area (Å²) < 4.78 is 0.898. The zero-order valence-electron chi connectivity index (χ0n) is 12.0. The van der Waals surface area contributed by atoms with E-state index in [1.54, 1.807) is 0 Å². The predicted octanol–water partition coefficient (Wildman–Crippen LogP) is 2.55. The maximum absolute atomic E-state index is 11.8. The van der Waals surface area contributed by atoms with E-state index in [0.717, 1.165) is 21.4 Å². The highest BCUT2D eigenvalue weighted by Crippen LogP contribution is 2.29. The number of amides is 1. The molecule has 0 fully saturated rings. The Morgan fingerprint density at radius 3 is 2.68 bits per heavy atom. The van der Waals surface area contributed by atoms with E-state index in [2.05, 4.69) is 35.1 Å². The van der Waals surface area contributed by atoms with Crippen molar-refractivity contribution in [3.8, 4) is 0 Å². The summed E-state index contributed by atoms with van der Waals surface area (Å²) in [6.07, 6.45) is 0. The number of likely N-dealkylation sites (N-methyl/N-ethyl adjacent to an activating group) is 1. The van der Waals surface area contributed by atoms with Crippen LogP contribution in [0.3, 0.4) is 0 Å². The molecule has 0 unspecified atom stereocenters. The Bertz CT molecular complexity index is 460. The number of hydrogen-bond acceptors (Lipinski definition) is 3. The maximum Gasteiger partial charge on any atom is 0.239 e. The van der Waals surface area contributed by atoms with E-state index in [4.69, 9.17) is 5.73 Å². The van der Waals surface area contributed by atoms with Gasteiger partial charge in [0.25, 0.3) is 0 Å². The summed E-state index contributed by atoms with van der Waals surface area (Å²) >= 11 is 3.48. The van der Waals surface area contributed by atoms with Crippen LogP contribution in [0, 0.1) is 12.8 Å². The van der Waals surface area contributed by atoms with Crippen LogP contribution in [0.4, 0.5) is 11.4 Å². The summed E-state index contributed by atoms with van der Waals surface area (Å²) in [5.41, 5.74) is 8.56. The first-order chi connectivity index (χ1) is 8.81. The fourth-order valence-electron chi connectivity index (χ4n) is 1.65. The minimum Gasteiger partial charge on any atom is -0.398 e. The number of halogens is 1. The van der Waals surface area contributed by atoms with E-state index in [9.17, 15) is 4.79 Å². The summed E-state index contributed by atoms with van der Waals surface area (Å²) in [5, 5.41) is 2.91. The minimum atomic E-state index is 0.0255. The van der Waals surface area contributed by atoms with E-state index < -0.39 is 0 Å². The third kappa shape index (κ3) is 4.74. The van der Waals surface area contributed by atoms with Crippen LogP contribution >= 0.6 is 15.9 Å². The highest BCUT2D eigenvalue weighted by Gasteiger charge is 2.12. The summed E-state index contributed by atoms with van der Waals surface area (Å²) in [5.74, 6) is 0.484. The summed E-state index contributed by atoms with van der Waals surface area (Å²) in [6.45, 7) is 7.13. The first kappa shape index (κ1) is 15.8. The standard InChI is InChI=1S/C14H22BrN3O/c1-9(2)7-17-14(19)8-18(4)13-5-10(3)12(16)6-11(13)15/h5-6,9H,7-8,16H2,1-4H3,(H,17,19). The van der Waals surface area contributed by atoms with Gasteiger partial charge in [-0.3, -0.25) is 4.79 Å². The summed E-state index contributed by atoms with van der Waals surface area (Å²) in [4.78, 5) is 13.7. The Balaban J connectivity index is 2.70. The largest absolute Gasteiger partial charge is 0.398 e. The molecule has 1 amide bonds. The smallest absolute Gasteiger partial charge is 0.239 e. The minimum absolute atomic E-state index is 0.0255. The molecule has 1 rings (SSSR count). The molecule has 106 valence electrons. The summed E-state index contributed by atoms with van der Waals surface area (Å²) in [7, 11) is 1.89. The van der Waals surface area contributed by atoms with Crippen molar-refractivity contribution < 1.29 is 4.79 Å². The summed E-state index contributed by atoms with van der Waals surface area (Å²) in [6, 6.07) is 3.85. The van der Waals surface area contributed by atoms with E-state index >= 15 is 0 Å². The topological polar surface area (TPSA) is 58.4 Å². The van der Waals surface area contributed by atoms with Crippen molar-refractivity contribution >= 4 is 33.2 Å². The molecule has 0 aromatic heterocycles. The number of nitrogens with one attached hydrogen (secondary N) is 1. The molecule has 0 saturated heterocycles. The van der Waals surface area contributed by atoms with Crippen LogP contribution < -0.4 is 16.0 Å². The van der Waals surface area contributed by atoms with Gasteiger partial charge in [-0.05, 0) is 46.5 Å². The molecule has 1 aromatic rings. The number of nitrogens with two attached hydrogens (primary N) is 1. The highest BCUT2D eigenvalue weighted by atomic mass is 79.9. The van der Waals surface area contributed by atoms with E-state index in [-0.39, 0.29) is 5.91 Å². The Morgan fingerprint density at radius 2 is 2.11 bits per heavy atom. The van der Waals surface area contributed by atoms with E-state index in [1.807, 2.05) is 31.0 Å². The lowest BCUT2D eigenvalue weighted by molar-refractivity contribution is -0.119. The van der Waals surface area contributed by atoms with E-state index in [0.29, 0.717) is 19.0 Å². The van der Waals surface area contributed by atoms with Gasteiger partial charge in [0.05, 0.1) is 12.2 Å². The average Bonchev–Trinajstić information content (AvgIpc) is 2.31. The Morgan fingerprint density at radius 1 is 1.47 bits per heavy atom. The van der Waals surface area contributed by atoms with Crippen LogP contribution in [0.1, 0.15) is 19.4 Å². The lowest BCUT2D eigenvalue weighted by atomic mass is 10.1. The van der Waals surface area contributed by atoms with Crippen LogP contribution in [0.2, 0.25) is 0 Å². The van der Waals surface area contributed by atoms with Crippen molar-refractivity contribution in [2.45, 2.75) is 20.8 Å². The first-order valence-electron chi connectivity index (χ1n) is 6.34. The van der Waals surface area contributed by atoms with Gasteiger partial charge in [-0.25, -0.2) is 0 Å². The van der Waals surface area contributed by atoms with Gasteiger partial charge in [-0.2, -0.15) is 0 Å². The van der Waals surface area contributed by atoms with Gasteiger partial charge < -0.3 is 16.0 Å². The highest BCUT2D eigenvalue weighted by molar-refractivity contribution is 9.10. The molecular formula is C14H22BrN3O. The van der Waals surface area contributed by atoms with Crippen molar-refractivity contribution in [3.63, 3.8) is 0 Å². The second-order valence-corrected chi connectivity index (χ2v) is 6.07. The van der Waals surface area contributed by atoms with Crippen molar-refractivity contribution in [3.05, 3.63) is 22.2 Å². The number of hydrogen-bond donors (Lipinski definition) is 2.